The third kappa shape index (κ3) is 6.51. The molecule has 1 N–H and O–H groups in total. The number of hydrogen-bond acceptors (Lipinski definition) is 7. The van der Waals surface area contributed by atoms with Crippen LogP contribution in [0.1, 0.15) is 30.6 Å². The number of esters is 2. The second-order valence-electron chi connectivity index (χ2n) is 5.94. The third-order valence-corrected chi connectivity index (χ3v) is 5.34. The number of benzene rings is 1. The summed E-state index contributed by atoms with van der Waals surface area (Å²) < 4.78 is 32.7. The van der Waals surface area contributed by atoms with Crippen LogP contribution in [0, 0.1) is 5.92 Å². The first-order chi connectivity index (χ1) is 12.5. The van der Waals surface area contributed by atoms with Gasteiger partial charge in [0.2, 0.25) is 0 Å². The van der Waals surface area contributed by atoms with E-state index in [1.807, 2.05) is 6.92 Å². The lowest BCUT2D eigenvalue weighted by atomic mass is 9.99. The van der Waals surface area contributed by atoms with Crippen LogP contribution in [0.5, 0.6) is 0 Å². The van der Waals surface area contributed by atoms with Crippen molar-refractivity contribution in [3.05, 3.63) is 28.8 Å². The van der Waals surface area contributed by atoms with Crippen LogP contribution in [0.15, 0.2) is 23.1 Å². The van der Waals surface area contributed by atoms with Gasteiger partial charge in [0.15, 0.2) is 16.4 Å². The maximum atomic E-state index is 12.1. The van der Waals surface area contributed by atoms with Gasteiger partial charge in [-0.15, -0.1) is 0 Å². The van der Waals surface area contributed by atoms with Crippen LogP contribution in [-0.2, 0) is 28.9 Å². The molecule has 1 rings (SSSR count). The first-order valence-electron chi connectivity index (χ1n) is 8.05. The Labute approximate surface area is 163 Å². The summed E-state index contributed by atoms with van der Waals surface area (Å²) in [5.74, 6) is -2.45. The van der Waals surface area contributed by atoms with E-state index in [9.17, 15) is 22.8 Å². The number of methoxy groups -OCH3 is 1. The van der Waals surface area contributed by atoms with Gasteiger partial charge in [-0.3, -0.25) is 4.79 Å². The summed E-state index contributed by atoms with van der Waals surface area (Å²) in [5, 5.41) is 2.44. The van der Waals surface area contributed by atoms with Crippen LogP contribution in [-0.4, -0.2) is 52.3 Å². The normalized spacial score (nSPS) is 13.4. The van der Waals surface area contributed by atoms with Crippen molar-refractivity contribution in [1.29, 1.82) is 0 Å². The highest BCUT2D eigenvalue weighted by atomic mass is 35.5. The van der Waals surface area contributed by atoms with Gasteiger partial charge in [0, 0.05) is 6.26 Å². The fourth-order valence-electron chi connectivity index (χ4n) is 2.11. The van der Waals surface area contributed by atoms with Crippen molar-refractivity contribution >= 4 is 39.3 Å². The Bertz CT molecular complexity index is 823. The lowest BCUT2D eigenvalue weighted by Gasteiger charge is -2.21. The largest absolute Gasteiger partial charge is 0.467 e. The van der Waals surface area contributed by atoms with Crippen LogP contribution < -0.4 is 5.32 Å². The van der Waals surface area contributed by atoms with E-state index in [0.717, 1.165) is 12.3 Å². The summed E-state index contributed by atoms with van der Waals surface area (Å²) in [6.45, 7) is 2.95. The summed E-state index contributed by atoms with van der Waals surface area (Å²) in [5.41, 5.74) is -0.182. The van der Waals surface area contributed by atoms with E-state index in [1.165, 1.54) is 19.2 Å². The van der Waals surface area contributed by atoms with Gasteiger partial charge in [0.25, 0.3) is 5.91 Å². The molecule has 0 bridgehead atoms. The van der Waals surface area contributed by atoms with Gasteiger partial charge in [-0.05, 0) is 24.1 Å². The topological polar surface area (TPSA) is 116 Å². The van der Waals surface area contributed by atoms with Gasteiger partial charge in [0.1, 0.15) is 6.04 Å². The molecule has 1 aromatic carbocycles. The zero-order valence-electron chi connectivity index (χ0n) is 15.4. The number of nitrogens with one attached hydrogen (secondary N) is 1. The maximum Gasteiger partial charge on any atom is 0.340 e. The first-order valence-corrected chi connectivity index (χ1v) is 10.3. The van der Waals surface area contributed by atoms with E-state index < -0.39 is 40.3 Å². The predicted octanol–water partition coefficient (Wildman–Crippen LogP) is 1.60. The predicted molar refractivity (Wildman–Crippen MR) is 98.2 cm³/mol. The Morgan fingerprint density at radius 1 is 1.26 bits per heavy atom. The van der Waals surface area contributed by atoms with Gasteiger partial charge in [-0.25, -0.2) is 18.0 Å². The molecule has 0 spiro atoms. The molecule has 0 radical (unpaired) electrons. The summed E-state index contributed by atoms with van der Waals surface area (Å²) in [6, 6.07) is 2.72. The molecular formula is C17H22ClNO7S. The first kappa shape index (κ1) is 22.9. The second-order valence-corrected chi connectivity index (χ2v) is 8.37. The van der Waals surface area contributed by atoms with E-state index in [4.69, 9.17) is 16.3 Å². The number of rotatable bonds is 8. The number of sulfone groups is 1. The second kappa shape index (κ2) is 9.70. The summed E-state index contributed by atoms with van der Waals surface area (Å²) >= 11 is 5.90. The van der Waals surface area contributed by atoms with Crippen molar-refractivity contribution in [2.24, 2.45) is 5.92 Å². The minimum absolute atomic E-state index is 0.0140. The van der Waals surface area contributed by atoms with E-state index in [0.29, 0.717) is 6.42 Å². The minimum Gasteiger partial charge on any atom is -0.467 e. The van der Waals surface area contributed by atoms with Crippen molar-refractivity contribution in [3.8, 4) is 0 Å². The molecule has 27 heavy (non-hydrogen) atoms. The van der Waals surface area contributed by atoms with Crippen molar-refractivity contribution in [1.82, 2.24) is 5.32 Å². The number of halogens is 1. The lowest BCUT2D eigenvalue weighted by molar-refractivity contribution is -0.147. The monoisotopic (exact) mass is 419 g/mol. The molecular weight excluding hydrogens is 398 g/mol. The Morgan fingerprint density at radius 2 is 1.89 bits per heavy atom. The van der Waals surface area contributed by atoms with Crippen LogP contribution in [0.4, 0.5) is 0 Å². The molecule has 0 heterocycles. The van der Waals surface area contributed by atoms with Crippen LogP contribution >= 0.6 is 11.6 Å². The fourth-order valence-corrected chi connectivity index (χ4v) is 2.95. The Balaban J connectivity index is 2.82. The van der Waals surface area contributed by atoms with E-state index in [-0.39, 0.29) is 21.4 Å². The van der Waals surface area contributed by atoms with Gasteiger partial charge < -0.3 is 14.8 Å². The Kier molecular flexibility index (Phi) is 8.23. The van der Waals surface area contributed by atoms with Gasteiger partial charge in [0.05, 0.1) is 22.6 Å². The molecule has 10 heteroatoms. The van der Waals surface area contributed by atoms with Crippen molar-refractivity contribution in [2.75, 3.05) is 20.0 Å². The smallest absolute Gasteiger partial charge is 0.340 e. The number of hydrogen-bond donors (Lipinski definition) is 1. The highest BCUT2D eigenvalue weighted by Crippen LogP contribution is 2.21. The minimum atomic E-state index is -3.54. The number of carbonyl (C=O) groups excluding carboxylic acids is 3. The highest BCUT2D eigenvalue weighted by Gasteiger charge is 2.27. The van der Waals surface area contributed by atoms with Crippen molar-refractivity contribution in [2.45, 2.75) is 31.2 Å². The van der Waals surface area contributed by atoms with Crippen LogP contribution in [0.25, 0.3) is 0 Å². The van der Waals surface area contributed by atoms with Crippen LogP contribution in [0.2, 0.25) is 5.02 Å². The number of amides is 1. The summed E-state index contributed by atoms with van der Waals surface area (Å²) in [6.07, 6.45) is 1.61. The number of ether oxygens (including phenoxy) is 2. The quantitative estimate of drug-likeness (QED) is 0.636. The van der Waals surface area contributed by atoms with Crippen molar-refractivity contribution in [3.63, 3.8) is 0 Å². The molecule has 8 nitrogen and oxygen atoms in total. The standard InChI is InChI=1S/C17H22ClNO7S/c1-5-10(2)15(17(22)25-3)19-14(20)9-26-16(21)12-8-11(27(4,23)24)6-7-13(12)18/h6-8,10,15H,5,9H2,1-4H3,(H,19,20)/t10-,15-/m0/s1. The van der Waals surface area contributed by atoms with E-state index in [2.05, 4.69) is 10.1 Å². The molecule has 0 fully saturated rings. The van der Waals surface area contributed by atoms with Crippen molar-refractivity contribution < 1.29 is 32.3 Å². The maximum absolute atomic E-state index is 12.1. The lowest BCUT2D eigenvalue weighted by Crippen LogP contribution is -2.47. The summed E-state index contributed by atoms with van der Waals surface area (Å²) in [7, 11) is -2.34. The third-order valence-electron chi connectivity index (χ3n) is 3.90. The molecule has 0 aliphatic carbocycles. The SMILES string of the molecule is CC[C@H](C)[C@H](NC(=O)COC(=O)c1cc(S(C)(=O)=O)ccc1Cl)C(=O)OC. The Morgan fingerprint density at radius 3 is 2.41 bits per heavy atom. The molecule has 1 aromatic rings. The number of carbonyl (C=O) groups is 3. The van der Waals surface area contributed by atoms with E-state index >= 15 is 0 Å². The molecule has 0 unspecified atom stereocenters. The Hall–Kier alpha value is -2.13. The zero-order chi connectivity index (χ0) is 20.8. The molecule has 2 atom stereocenters. The summed E-state index contributed by atoms with van der Waals surface area (Å²) in [4.78, 5) is 35.8. The van der Waals surface area contributed by atoms with E-state index in [1.54, 1.807) is 6.92 Å². The van der Waals surface area contributed by atoms with Crippen LogP contribution in [0.3, 0.4) is 0 Å². The fraction of sp³-hybridized carbons (Fsp3) is 0.471. The molecule has 0 saturated carbocycles. The average molecular weight is 420 g/mol. The molecule has 0 aliphatic heterocycles. The van der Waals surface area contributed by atoms with Gasteiger partial charge in [-0.1, -0.05) is 31.9 Å². The molecule has 1 amide bonds. The molecule has 0 aliphatic rings. The average Bonchev–Trinajstić information content (AvgIpc) is 2.62. The molecule has 0 saturated heterocycles. The van der Waals surface area contributed by atoms with Gasteiger partial charge in [-0.2, -0.15) is 0 Å². The highest BCUT2D eigenvalue weighted by molar-refractivity contribution is 7.90. The van der Waals surface area contributed by atoms with Gasteiger partial charge >= 0.3 is 11.9 Å². The zero-order valence-corrected chi connectivity index (χ0v) is 17.0. The molecule has 150 valence electrons. The molecule has 0 aromatic heterocycles.